The number of rotatable bonds is 3. The highest BCUT2D eigenvalue weighted by Gasteiger charge is 2.12. The average Bonchev–Trinajstić information content (AvgIpc) is 2.81. The third kappa shape index (κ3) is 2.49. The fourth-order valence-corrected chi connectivity index (χ4v) is 1.48. The van der Waals surface area contributed by atoms with Gasteiger partial charge in [0, 0.05) is 7.05 Å². The van der Waals surface area contributed by atoms with Crippen LogP contribution in [0.1, 0.15) is 27.9 Å². The van der Waals surface area contributed by atoms with E-state index >= 15 is 0 Å². The molecule has 0 saturated carbocycles. The van der Waals surface area contributed by atoms with Gasteiger partial charge in [0.05, 0.1) is 12.2 Å². The molecule has 0 aliphatic carbocycles. The van der Waals surface area contributed by atoms with E-state index in [4.69, 9.17) is 4.52 Å². The molecule has 90 valence electrons. The van der Waals surface area contributed by atoms with Crippen LogP contribution in [0.4, 0.5) is 0 Å². The summed E-state index contributed by atoms with van der Waals surface area (Å²) < 4.78 is 6.42. The molecule has 0 radical (unpaired) electrons. The third-order valence-corrected chi connectivity index (χ3v) is 2.20. The minimum Gasteiger partial charge on any atom is -0.342 e. The van der Waals surface area contributed by atoms with Crippen molar-refractivity contribution in [3.63, 3.8) is 0 Å². The van der Waals surface area contributed by atoms with Crippen LogP contribution in [0.5, 0.6) is 0 Å². The van der Waals surface area contributed by atoms with Gasteiger partial charge in [-0.15, -0.1) is 0 Å². The van der Waals surface area contributed by atoms with Crippen molar-refractivity contribution in [1.82, 2.24) is 25.2 Å². The highest BCUT2D eigenvalue weighted by atomic mass is 16.5. The second-order valence-electron chi connectivity index (χ2n) is 3.71. The predicted octanol–water partition coefficient (Wildman–Crippen LogP) is 0.350. The summed E-state index contributed by atoms with van der Waals surface area (Å²) in [5.74, 6) is 0.712. The molecular formula is C10H13N5O2. The zero-order valence-electron chi connectivity index (χ0n) is 9.89. The molecule has 2 aromatic rings. The molecule has 1 N–H and O–H groups in total. The van der Waals surface area contributed by atoms with Crippen LogP contribution < -0.4 is 5.32 Å². The topological polar surface area (TPSA) is 85.8 Å². The molecule has 0 unspecified atom stereocenters. The maximum atomic E-state index is 11.8. The molecule has 0 bridgehead atoms. The largest absolute Gasteiger partial charge is 0.342 e. The smallest absolute Gasteiger partial charge is 0.269 e. The van der Waals surface area contributed by atoms with Gasteiger partial charge in [-0.05, 0) is 19.9 Å². The fraction of sp³-hybridized carbons (Fsp3) is 0.400. The van der Waals surface area contributed by atoms with Crippen LogP contribution in [0.3, 0.4) is 0 Å². The number of nitrogens with zero attached hydrogens (tertiary/aromatic N) is 4. The van der Waals surface area contributed by atoms with Crippen molar-refractivity contribution >= 4 is 5.91 Å². The molecule has 0 saturated heterocycles. The van der Waals surface area contributed by atoms with Crippen molar-refractivity contribution in [3.05, 3.63) is 29.2 Å². The minimum absolute atomic E-state index is 0.212. The summed E-state index contributed by atoms with van der Waals surface area (Å²) in [5.41, 5.74) is 1.30. The molecule has 17 heavy (non-hydrogen) atoms. The van der Waals surface area contributed by atoms with Crippen molar-refractivity contribution in [2.45, 2.75) is 20.4 Å². The Morgan fingerprint density at radius 1 is 1.53 bits per heavy atom. The number of nitrogens with one attached hydrogen (secondary N) is 1. The Hall–Kier alpha value is -2.18. The highest BCUT2D eigenvalue weighted by Crippen LogP contribution is 2.02. The zero-order valence-corrected chi connectivity index (χ0v) is 9.89. The van der Waals surface area contributed by atoms with E-state index in [1.165, 1.54) is 4.68 Å². The number of carbonyl (C=O) groups excluding carboxylic acids is 1. The molecule has 1 amide bonds. The van der Waals surface area contributed by atoms with E-state index in [1.54, 1.807) is 20.0 Å². The predicted molar refractivity (Wildman–Crippen MR) is 58.2 cm³/mol. The number of aromatic nitrogens is 4. The molecule has 2 aromatic heterocycles. The lowest BCUT2D eigenvalue weighted by atomic mass is 10.3. The Labute approximate surface area is 97.8 Å². The van der Waals surface area contributed by atoms with Gasteiger partial charge < -0.3 is 9.84 Å². The van der Waals surface area contributed by atoms with Gasteiger partial charge in [-0.25, -0.2) is 0 Å². The Morgan fingerprint density at radius 3 is 2.82 bits per heavy atom. The quantitative estimate of drug-likeness (QED) is 0.829. The minimum atomic E-state index is -0.219. The Kier molecular flexibility index (Phi) is 2.90. The number of hydrogen-bond donors (Lipinski definition) is 1. The Morgan fingerprint density at radius 2 is 2.29 bits per heavy atom. The van der Waals surface area contributed by atoms with Gasteiger partial charge in [-0.1, -0.05) is 5.16 Å². The summed E-state index contributed by atoms with van der Waals surface area (Å²) in [7, 11) is 1.72. The third-order valence-electron chi connectivity index (χ3n) is 2.20. The number of hydrogen-bond acceptors (Lipinski definition) is 5. The van der Waals surface area contributed by atoms with Crippen LogP contribution >= 0.6 is 0 Å². The van der Waals surface area contributed by atoms with Crippen LogP contribution in [-0.4, -0.2) is 25.8 Å². The van der Waals surface area contributed by atoms with Crippen molar-refractivity contribution in [3.8, 4) is 0 Å². The van der Waals surface area contributed by atoms with Crippen LogP contribution in [0, 0.1) is 13.8 Å². The fourth-order valence-electron chi connectivity index (χ4n) is 1.48. The van der Waals surface area contributed by atoms with E-state index < -0.39 is 0 Å². The van der Waals surface area contributed by atoms with E-state index in [0.29, 0.717) is 17.4 Å². The first kappa shape index (κ1) is 11.3. The van der Waals surface area contributed by atoms with Gasteiger partial charge in [0.1, 0.15) is 5.69 Å². The molecule has 2 rings (SSSR count). The van der Waals surface area contributed by atoms with Gasteiger partial charge in [-0.3, -0.25) is 9.48 Å². The summed E-state index contributed by atoms with van der Waals surface area (Å²) in [4.78, 5) is 15.8. The van der Waals surface area contributed by atoms with Crippen molar-refractivity contribution in [2.75, 3.05) is 0 Å². The van der Waals surface area contributed by atoms with Gasteiger partial charge >= 0.3 is 0 Å². The lowest BCUT2D eigenvalue weighted by Gasteiger charge is -2.01. The van der Waals surface area contributed by atoms with E-state index in [0.717, 1.165) is 5.69 Å². The maximum absolute atomic E-state index is 11.8. The SMILES string of the molecule is Cc1cc(C(=O)NCc2nc(C)no2)n(C)n1. The summed E-state index contributed by atoms with van der Waals surface area (Å²) in [5, 5.41) is 10.4. The van der Waals surface area contributed by atoms with E-state index in [-0.39, 0.29) is 12.5 Å². The monoisotopic (exact) mass is 235 g/mol. The molecule has 0 aliphatic rings. The van der Waals surface area contributed by atoms with Gasteiger partial charge in [0.2, 0.25) is 5.89 Å². The lowest BCUT2D eigenvalue weighted by molar-refractivity contribution is 0.0937. The first-order valence-corrected chi connectivity index (χ1v) is 5.14. The summed E-state index contributed by atoms with van der Waals surface area (Å²) in [6.07, 6.45) is 0. The Balaban J connectivity index is 2.00. The first-order valence-electron chi connectivity index (χ1n) is 5.14. The van der Waals surface area contributed by atoms with Crippen LogP contribution in [0.15, 0.2) is 10.6 Å². The molecule has 0 fully saturated rings. The lowest BCUT2D eigenvalue weighted by Crippen LogP contribution is -2.25. The van der Waals surface area contributed by atoms with Gasteiger partial charge in [0.15, 0.2) is 5.82 Å². The number of carbonyl (C=O) groups is 1. The maximum Gasteiger partial charge on any atom is 0.269 e. The summed E-state index contributed by atoms with van der Waals surface area (Å²) >= 11 is 0. The molecule has 0 atom stereocenters. The summed E-state index contributed by atoms with van der Waals surface area (Å²) in [6, 6.07) is 1.72. The Bertz CT molecular complexity index is 543. The molecular weight excluding hydrogens is 222 g/mol. The van der Waals surface area contributed by atoms with Crippen molar-refractivity contribution < 1.29 is 9.32 Å². The first-order chi connectivity index (χ1) is 8.06. The van der Waals surface area contributed by atoms with E-state index in [9.17, 15) is 4.79 Å². The molecule has 2 heterocycles. The van der Waals surface area contributed by atoms with Gasteiger partial charge in [0.25, 0.3) is 5.91 Å². The van der Waals surface area contributed by atoms with Gasteiger partial charge in [-0.2, -0.15) is 10.1 Å². The van der Waals surface area contributed by atoms with Crippen molar-refractivity contribution in [1.29, 1.82) is 0 Å². The van der Waals surface area contributed by atoms with E-state index in [1.807, 2.05) is 6.92 Å². The summed E-state index contributed by atoms with van der Waals surface area (Å²) in [6.45, 7) is 3.77. The zero-order chi connectivity index (χ0) is 12.4. The number of amides is 1. The standard InChI is InChI=1S/C10H13N5O2/c1-6-4-8(15(3)13-6)10(16)11-5-9-12-7(2)14-17-9/h4H,5H2,1-3H3,(H,11,16). The molecule has 7 nitrogen and oxygen atoms in total. The van der Waals surface area contributed by atoms with Crippen LogP contribution in [0.2, 0.25) is 0 Å². The van der Waals surface area contributed by atoms with E-state index in [2.05, 4.69) is 20.6 Å². The second kappa shape index (κ2) is 4.36. The highest BCUT2D eigenvalue weighted by molar-refractivity contribution is 5.92. The molecule has 0 spiro atoms. The normalized spacial score (nSPS) is 10.5. The average molecular weight is 235 g/mol. The van der Waals surface area contributed by atoms with Crippen LogP contribution in [0.25, 0.3) is 0 Å². The van der Waals surface area contributed by atoms with Crippen LogP contribution in [-0.2, 0) is 13.6 Å². The molecule has 7 heteroatoms. The number of aryl methyl sites for hydroxylation is 3. The second-order valence-corrected chi connectivity index (χ2v) is 3.71. The molecule has 0 aromatic carbocycles. The van der Waals surface area contributed by atoms with Crippen molar-refractivity contribution in [2.24, 2.45) is 7.05 Å². The molecule has 0 aliphatic heterocycles.